The van der Waals surface area contributed by atoms with E-state index >= 15 is 0 Å². The maximum absolute atomic E-state index is 5.95. The molecule has 2 rings (SSSR count). The van der Waals surface area contributed by atoms with Crippen LogP contribution in [0.25, 0.3) is 0 Å². The highest BCUT2D eigenvalue weighted by atomic mass is 32.1. The Labute approximate surface area is 81.7 Å². The molecule has 1 saturated carbocycles. The van der Waals surface area contributed by atoms with Crippen LogP contribution >= 0.6 is 11.5 Å². The summed E-state index contributed by atoms with van der Waals surface area (Å²) in [6.07, 6.45) is 5.25. The smallest absolute Gasteiger partial charge is 0.202 e. The summed E-state index contributed by atoms with van der Waals surface area (Å²) in [4.78, 5) is 4.06. The molecule has 2 unspecified atom stereocenters. The van der Waals surface area contributed by atoms with Gasteiger partial charge in [0.05, 0.1) is 0 Å². The molecule has 1 aromatic rings. The van der Waals surface area contributed by atoms with Crippen molar-refractivity contribution in [2.45, 2.75) is 25.3 Å². The summed E-state index contributed by atoms with van der Waals surface area (Å²) in [5.41, 5.74) is 5.95. The van der Waals surface area contributed by atoms with Gasteiger partial charge >= 0.3 is 0 Å². The van der Waals surface area contributed by atoms with Crippen LogP contribution in [-0.4, -0.2) is 21.9 Å². The van der Waals surface area contributed by atoms with Gasteiger partial charge in [-0.2, -0.15) is 4.37 Å². The summed E-state index contributed by atoms with van der Waals surface area (Å²) in [5, 5.41) is 4.16. The molecular weight excluding hydrogens is 184 g/mol. The van der Waals surface area contributed by atoms with Gasteiger partial charge in [0.2, 0.25) is 5.13 Å². The van der Waals surface area contributed by atoms with E-state index in [0.29, 0.717) is 12.0 Å². The first-order chi connectivity index (χ1) is 6.36. The van der Waals surface area contributed by atoms with Crippen LogP contribution in [0.2, 0.25) is 0 Å². The average molecular weight is 198 g/mol. The molecule has 72 valence electrons. The normalized spacial score (nSPS) is 27.8. The maximum atomic E-state index is 5.95. The molecule has 4 nitrogen and oxygen atoms in total. The van der Waals surface area contributed by atoms with Gasteiger partial charge in [-0.15, -0.1) is 0 Å². The number of nitrogens with two attached hydrogens (primary N) is 1. The zero-order chi connectivity index (χ0) is 9.10. The Hall–Kier alpha value is -0.680. The molecule has 0 aliphatic heterocycles. The Morgan fingerprint density at radius 3 is 3.15 bits per heavy atom. The van der Waals surface area contributed by atoms with E-state index in [2.05, 4.69) is 14.7 Å². The van der Waals surface area contributed by atoms with E-state index in [-0.39, 0.29) is 0 Å². The topological polar surface area (TPSA) is 63.8 Å². The maximum Gasteiger partial charge on any atom is 0.202 e. The van der Waals surface area contributed by atoms with Crippen LogP contribution in [0.1, 0.15) is 19.3 Å². The second kappa shape index (κ2) is 4.02. The molecule has 2 atom stereocenters. The van der Waals surface area contributed by atoms with Crippen molar-refractivity contribution in [3.05, 3.63) is 6.33 Å². The minimum Gasteiger partial charge on any atom is -0.360 e. The SMILES string of the molecule is NC1CCCC1CNc1ncns1. The number of hydrogen-bond donors (Lipinski definition) is 2. The Kier molecular flexibility index (Phi) is 2.75. The third kappa shape index (κ3) is 2.16. The third-order valence-electron chi connectivity index (χ3n) is 2.59. The second-order valence-electron chi connectivity index (χ2n) is 3.48. The van der Waals surface area contributed by atoms with E-state index in [4.69, 9.17) is 5.73 Å². The van der Waals surface area contributed by atoms with Crippen molar-refractivity contribution >= 4 is 16.7 Å². The van der Waals surface area contributed by atoms with E-state index < -0.39 is 0 Å². The number of nitrogens with zero attached hydrogens (tertiary/aromatic N) is 2. The van der Waals surface area contributed by atoms with E-state index in [1.807, 2.05) is 0 Å². The van der Waals surface area contributed by atoms with Gasteiger partial charge in [0, 0.05) is 24.1 Å². The zero-order valence-electron chi connectivity index (χ0n) is 7.44. The predicted molar refractivity (Wildman–Crippen MR) is 53.7 cm³/mol. The summed E-state index contributed by atoms with van der Waals surface area (Å²) in [6, 6.07) is 0.375. The van der Waals surface area contributed by atoms with Crippen molar-refractivity contribution < 1.29 is 0 Å². The highest BCUT2D eigenvalue weighted by Gasteiger charge is 2.23. The van der Waals surface area contributed by atoms with Gasteiger partial charge in [-0.25, -0.2) is 4.98 Å². The lowest BCUT2D eigenvalue weighted by Gasteiger charge is -2.14. The van der Waals surface area contributed by atoms with Crippen LogP contribution in [-0.2, 0) is 0 Å². The van der Waals surface area contributed by atoms with Crippen molar-refractivity contribution in [3.8, 4) is 0 Å². The zero-order valence-corrected chi connectivity index (χ0v) is 8.26. The number of hydrogen-bond acceptors (Lipinski definition) is 5. The summed E-state index contributed by atoms with van der Waals surface area (Å²) in [6.45, 7) is 0.941. The van der Waals surface area contributed by atoms with Crippen LogP contribution in [0.4, 0.5) is 5.13 Å². The minimum absolute atomic E-state index is 0.375. The summed E-state index contributed by atoms with van der Waals surface area (Å²) in [5.74, 6) is 0.615. The average Bonchev–Trinajstić information content (AvgIpc) is 2.72. The van der Waals surface area contributed by atoms with Crippen molar-refractivity contribution in [1.29, 1.82) is 0 Å². The fourth-order valence-corrected chi connectivity index (χ4v) is 2.22. The molecular formula is C8H14N4S. The fraction of sp³-hybridized carbons (Fsp3) is 0.750. The molecule has 1 aromatic heterocycles. The summed E-state index contributed by atoms with van der Waals surface area (Å²) >= 11 is 1.39. The van der Waals surface area contributed by atoms with Gasteiger partial charge < -0.3 is 11.1 Å². The van der Waals surface area contributed by atoms with E-state index in [1.165, 1.54) is 30.8 Å². The molecule has 3 N–H and O–H groups in total. The molecule has 13 heavy (non-hydrogen) atoms. The lowest BCUT2D eigenvalue weighted by atomic mass is 10.1. The Morgan fingerprint density at radius 1 is 1.62 bits per heavy atom. The number of aromatic nitrogens is 2. The standard InChI is InChI=1S/C8H14N4S/c9-7-3-1-2-6(7)4-10-8-11-5-12-13-8/h5-7H,1-4,9H2,(H,10,11,12). The fourth-order valence-electron chi connectivity index (χ4n) is 1.79. The van der Waals surface area contributed by atoms with E-state index in [0.717, 1.165) is 11.7 Å². The molecule has 0 spiro atoms. The monoisotopic (exact) mass is 198 g/mol. The Morgan fingerprint density at radius 2 is 2.54 bits per heavy atom. The predicted octanol–water partition coefficient (Wildman–Crippen LogP) is 1.08. The van der Waals surface area contributed by atoms with Crippen molar-refractivity contribution in [2.24, 2.45) is 11.7 Å². The second-order valence-corrected chi connectivity index (χ2v) is 4.26. The molecule has 5 heteroatoms. The van der Waals surface area contributed by atoms with Crippen molar-refractivity contribution in [3.63, 3.8) is 0 Å². The molecule has 1 aliphatic rings. The first kappa shape index (κ1) is 8.90. The number of rotatable bonds is 3. The molecule has 0 saturated heterocycles. The summed E-state index contributed by atoms with van der Waals surface area (Å²) < 4.78 is 3.92. The lowest BCUT2D eigenvalue weighted by molar-refractivity contribution is 0.505. The van der Waals surface area contributed by atoms with E-state index in [9.17, 15) is 0 Å². The van der Waals surface area contributed by atoms with Crippen molar-refractivity contribution in [2.75, 3.05) is 11.9 Å². The summed E-state index contributed by atoms with van der Waals surface area (Å²) in [7, 11) is 0. The van der Waals surface area contributed by atoms with Gasteiger partial charge in [0.15, 0.2) is 0 Å². The molecule has 1 fully saturated rings. The van der Waals surface area contributed by atoms with Crippen LogP contribution in [0.3, 0.4) is 0 Å². The molecule has 0 amide bonds. The lowest BCUT2D eigenvalue weighted by Crippen LogP contribution is -2.29. The Balaban J connectivity index is 1.79. The van der Waals surface area contributed by atoms with Gasteiger partial charge in [-0.1, -0.05) is 6.42 Å². The third-order valence-corrected chi connectivity index (χ3v) is 3.22. The van der Waals surface area contributed by atoms with Crippen LogP contribution in [0.15, 0.2) is 6.33 Å². The quantitative estimate of drug-likeness (QED) is 0.762. The van der Waals surface area contributed by atoms with Gasteiger partial charge in [-0.05, 0) is 18.8 Å². The largest absolute Gasteiger partial charge is 0.360 e. The first-order valence-corrected chi connectivity index (χ1v) is 5.40. The first-order valence-electron chi connectivity index (χ1n) is 4.62. The Bertz CT molecular complexity index is 249. The van der Waals surface area contributed by atoms with Gasteiger partial charge in [0.25, 0.3) is 0 Å². The molecule has 1 aliphatic carbocycles. The molecule has 0 bridgehead atoms. The van der Waals surface area contributed by atoms with Crippen LogP contribution < -0.4 is 11.1 Å². The van der Waals surface area contributed by atoms with Crippen LogP contribution in [0, 0.1) is 5.92 Å². The molecule has 0 aromatic carbocycles. The number of nitrogens with one attached hydrogen (secondary N) is 1. The molecule has 0 radical (unpaired) electrons. The minimum atomic E-state index is 0.375. The number of anilines is 1. The highest BCUT2D eigenvalue weighted by molar-refractivity contribution is 7.09. The van der Waals surface area contributed by atoms with Gasteiger partial charge in [0.1, 0.15) is 6.33 Å². The van der Waals surface area contributed by atoms with Gasteiger partial charge in [-0.3, -0.25) is 0 Å². The van der Waals surface area contributed by atoms with E-state index in [1.54, 1.807) is 6.33 Å². The molecule has 1 heterocycles. The van der Waals surface area contributed by atoms with Crippen molar-refractivity contribution in [1.82, 2.24) is 9.36 Å². The van der Waals surface area contributed by atoms with Crippen LogP contribution in [0.5, 0.6) is 0 Å². The highest BCUT2D eigenvalue weighted by Crippen LogP contribution is 2.24.